The molecule has 1 aromatic carbocycles. The lowest BCUT2D eigenvalue weighted by Gasteiger charge is -2.22. The van der Waals surface area contributed by atoms with Gasteiger partial charge in [-0.15, -0.1) is 0 Å². The summed E-state index contributed by atoms with van der Waals surface area (Å²) in [5.41, 5.74) is 2.51. The average Bonchev–Trinajstić information content (AvgIpc) is 2.46. The van der Waals surface area contributed by atoms with Crippen molar-refractivity contribution in [3.8, 4) is 0 Å². The van der Waals surface area contributed by atoms with Crippen LogP contribution in [0.5, 0.6) is 0 Å². The van der Waals surface area contributed by atoms with Crippen molar-refractivity contribution in [3.63, 3.8) is 0 Å². The number of ether oxygens (including phenoxy) is 1. The van der Waals surface area contributed by atoms with Crippen molar-refractivity contribution in [2.75, 3.05) is 6.61 Å². The van der Waals surface area contributed by atoms with Gasteiger partial charge in [0.2, 0.25) is 0 Å². The van der Waals surface area contributed by atoms with Crippen molar-refractivity contribution in [1.29, 1.82) is 0 Å². The first-order valence-corrected chi connectivity index (χ1v) is 5.99. The van der Waals surface area contributed by atoms with Crippen molar-refractivity contribution < 1.29 is 19.3 Å². The lowest BCUT2D eigenvalue weighted by atomic mass is 10.2. The van der Waals surface area contributed by atoms with E-state index >= 15 is 0 Å². The van der Waals surface area contributed by atoms with Crippen LogP contribution in [-0.2, 0) is 9.57 Å². The van der Waals surface area contributed by atoms with Gasteiger partial charge < -0.3 is 4.74 Å². The molecule has 1 heterocycles. The van der Waals surface area contributed by atoms with Crippen LogP contribution in [-0.4, -0.2) is 23.7 Å². The van der Waals surface area contributed by atoms with E-state index in [4.69, 9.17) is 9.57 Å². The van der Waals surface area contributed by atoms with Crippen LogP contribution in [0.15, 0.2) is 24.3 Å². The topological polar surface area (TPSA) is 90.7 Å². The molecule has 1 aliphatic heterocycles. The third-order valence-corrected chi connectivity index (χ3v) is 2.76. The first-order chi connectivity index (χ1) is 9.16. The Hall–Kier alpha value is -1.99. The van der Waals surface area contributed by atoms with Gasteiger partial charge in [-0.3, -0.25) is 14.9 Å². The van der Waals surface area contributed by atoms with E-state index in [1.807, 2.05) is 0 Å². The Kier molecular flexibility index (Phi) is 4.43. The number of rotatable bonds is 4. The van der Waals surface area contributed by atoms with Gasteiger partial charge >= 0.3 is 0 Å². The molecule has 1 aliphatic rings. The van der Waals surface area contributed by atoms with Crippen molar-refractivity contribution in [1.82, 2.24) is 5.48 Å². The van der Waals surface area contributed by atoms with Gasteiger partial charge in [-0.25, -0.2) is 10.3 Å². The zero-order valence-electron chi connectivity index (χ0n) is 10.2. The molecule has 19 heavy (non-hydrogen) atoms. The van der Waals surface area contributed by atoms with Crippen molar-refractivity contribution in [3.05, 3.63) is 39.9 Å². The highest BCUT2D eigenvalue weighted by Crippen LogP contribution is 2.14. The van der Waals surface area contributed by atoms with E-state index in [-0.39, 0.29) is 5.69 Å². The molecule has 7 heteroatoms. The third kappa shape index (κ3) is 3.73. The van der Waals surface area contributed by atoms with Gasteiger partial charge in [-0.1, -0.05) is 0 Å². The molecule has 0 aromatic heterocycles. The molecule has 0 radical (unpaired) electrons. The van der Waals surface area contributed by atoms with Gasteiger partial charge in [0, 0.05) is 30.7 Å². The van der Waals surface area contributed by atoms with Crippen LogP contribution in [0.25, 0.3) is 0 Å². The number of benzene rings is 1. The molecule has 1 aromatic rings. The summed E-state index contributed by atoms with van der Waals surface area (Å²) in [6.45, 7) is 0.623. The number of carbonyl (C=O) groups is 1. The van der Waals surface area contributed by atoms with Crippen molar-refractivity contribution >= 4 is 11.6 Å². The number of non-ortho nitro benzene ring substituents is 1. The number of nitrogens with zero attached hydrogens (tertiary/aromatic N) is 1. The summed E-state index contributed by atoms with van der Waals surface area (Å²) in [7, 11) is 0. The van der Waals surface area contributed by atoms with Gasteiger partial charge in [0.05, 0.1) is 4.92 Å². The normalized spacial score (nSPS) is 18.8. The minimum atomic E-state index is -0.520. The number of hydrogen-bond donors (Lipinski definition) is 1. The highest BCUT2D eigenvalue weighted by molar-refractivity contribution is 5.93. The number of nitro groups is 1. The highest BCUT2D eigenvalue weighted by Gasteiger charge is 2.16. The molecular formula is C12H14N2O5. The fraction of sp³-hybridized carbons (Fsp3) is 0.417. The van der Waals surface area contributed by atoms with Crippen molar-refractivity contribution in [2.24, 2.45) is 0 Å². The van der Waals surface area contributed by atoms with E-state index in [1.54, 1.807) is 0 Å². The zero-order valence-corrected chi connectivity index (χ0v) is 10.2. The molecule has 0 spiro atoms. The number of hydrogen-bond acceptors (Lipinski definition) is 5. The summed E-state index contributed by atoms with van der Waals surface area (Å²) in [4.78, 5) is 26.8. The fourth-order valence-corrected chi connectivity index (χ4v) is 1.72. The SMILES string of the molecule is O=C(NOC1CCCCO1)c1ccc([N+](=O)[O-])cc1. The summed E-state index contributed by atoms with van der Waals surface area (Å²) < 4.78 is 5.29. The average molecular weight is 266 g/mol. The molecule has 102 valence electrons. The molecule has 1 unspecified atom stereocenters. The van der Waals surface area contributed by atoms with Gasteiger partial charge in [-0.2, -0.15) is 0 Å². The van der Waals surface area contributed by atoms with E-state index in [1.165, 1.54) is 24.3 Å². The fourth-order valence-electron chi connectivity index (χ4n) is 1.72. The smallest absolute Gasteiger partial charge is 0.274 e. The number of carbonyl (C=O) groups excluding carboxylic acids is 1. The molecule has 0 saturated carbocycles. The second-order valence-corrected chi connectivity index (χ2v) is 4.15. The minimum absolute atomic E-state index is 0.0620. The Morgan fingerprint density at radius 3 is 2.68 bits per heavy atom. The van der Waals surface area contributed by atoms with Crippen LogP contribution in [0.4, 0.5) is 5.69 Å². The first kappa shape index (κ1) is 13.4. The number of hydroxylamine groups is 1. The molecule has 0 aliphatic carbocycles. The quantitative estimate of drug-likeness (QED) is 0.662. The molecular weight excluding hydrogens is 252 g/mol. The highest BCUT2D eigenvalue weighted by atomic mass is 16.8. The van der Waals surface area contributed by atoms with Crippen LogP contribution >= 0.6 is 0 Å². The lowest BCUT2D eigenvalue weighted by Crippen LogP contribution is -2.33. The van der Waals surface area contributed by atoms with E-state index in [0.29, 0.717) is 12.2 Å². The van der Waals surface area contributed by atoms with E-state index in [9.17, 15) is 14.9 Å². The Morgan fingerprint density at radius 2 is 2.11 bits per heavy atom. The Labute approximate surface area is 109 Å². The van der Waals surface area contributed by atoms with Crippen LogP contribution in [0.1, 0.15) is 29.6 Å². The summed E-state index contributed by atoms with van der Waals surface area (Å²) in [6, 6.07) is 5.29. The molecule has 1 fully saturated rings. The Bertz CT molecular complexity index is 454. The van der Waals surface area contributed by atoms with Crippen LogP contribution < -0.4 is 5.48 Å². The predicted molar refractivity (Wildman–Crippen MR) is 65.2 cm³/mol. The van der Waals surface area contributed by atoms with Crippen LogP contribution in [0.2, 0.25) is 0 Å². The molecule has 7 nitrogen and oxygen atoms in total. The molecule has 1 N–H and O–H groups in total. The molecule has 1 atom stereocenters. The second kappa shape index (κ2) is 6.26. The van der Waals surface area contributed by atoms with Gasteiger partial charge in [-0.05, 0) is 25.0 Å². The Morgan fingerprint density at radius 1 is 1.37 bits per heavy atom. The van der Waals surface area contributed by atoms with Crippen LogP contribution in [0.3, 0.4) is 0 Å². The second-order valence-electron chi connectivity index (χ2n) is 4.15. The summed E-state index contributed by atoms with van der Waals surface area (Å²) in [5, 5.41) is 10.5. The molecule has 0 bridgehead atoms. The summed E-state index contributed by atoms with van der Waals surface area (Å²) >= 11 is 0. The van der Waals surface area contributed by atoms with Gasteiger partial charge in [0.1, 0.15) is 0 Å². The third-order valence-electron chi connectivity index (χ3n) is 2.76. The number of nitro benzene ring substituents is 1. The van der Waals surface area contributed by atoms with E-state index in [2.05, 4.69) is 5.48 Å². The van der Waals surface area contributed by atoms with E-state index in [0.717, 1.165) is 19.3 Å². The number of amides is 1. The predicted octanol–water partition coefficient (Wildman–Crippen LogP) is 1.78. The van der Waals surface area contributed by atoms with Gasteiger partial charge in [0.15, 0.2) is 6.29 Å². The summed E-state index contributed by atoms with van der Waals surface area (Å²) in [5.74, 6) is -0.455. The molecule has 1 amide bonds. The minimum Gasteiger partial charge on any atom is -0.350 e. The zero-order chi connectivity index (χ0) is 13.7. The first-order valence-electron chi connectivity index (χ1n) is 5.99. The molecule has 2 rings (SSSR count). The monoisotopic (exact) mass is 266 g/mol. The number of nitrogens with one attached hydrogen (secondary N) is 1. The maximum atomic E-state index is 11.7. The van der Waals surface area contributed by atoms with Crippen molar-refractivity contribution in [2.45, 2.75) is 25.6 Å². The lowest BCUT2D eigenvalue weighted by molar-refractivity contribution is -0.384. The Balaban J connectivity index is 1.86. The maximum absolute atomic E-state index is 11.7. The largest absolute Gasteiger partial charge is 0.350 e. The summed E-state index contributed by atoms with van der Waals surface area (Å²) in [6.07, 6.45) is 2.31. The van der Waals surface area contributed by atoms with Crippen LogP contribution in [0, 0.1) is 10.1 Å². The maximum Gasteiger partial charge on any atom is 0.274 e. The standard InChI is InChI=1S/C12H14N2O5/c15-12(13-19-11-3-1-2-8-18-11)9-4-6-10(7-5-9)14(16)17/h4-7,11H,1-3,8H2,(H,13,15). The van der Waals surface area contributed by atoms with Gasteiger partial charge in [0.25, 0.3) is 11.6 Å². The van der Waals surface area contributed by atoms with E-state index < -0.39 is 17.1 Å². The molecule has 1 saturated heterocycles.